The molecule has 0 radical (unpaired) electrons. The second-order valence-electron chi connectivity index (χ2n) is 8.66. The number of aryl methyl sites for hydroxylation is 1. The lowest BCUT2D eigenvalue weighted by atomic mass is 9.89. The highest BCUT2D eigenvalue weighted by molar-refractivity contribution is 7.18. The minimum Gasteiger partial charge on any atom is -0.369 e. The lowest BCUT2D eigenvalue weighted by Gasteiger charge is -2.38. The van der Waals surface area contributed by atoms with Gasteiger partial charge in [-0.25, -0.2) is 4.98 Å². The molecule has 2 aliphatic rings. The van der Waals surface area contributed by atoms with E-state index >= 15 is 0 Å². The Kier molecular flexibility index (Phi) is 5.33. The molecule has 2 atom stereocenters. The molecule has 2 aromatic heterocycles. The van der Waals surface area contributed by atoms with E-state index in [1.165, 1.54) is 16.1 Å². The van der Waals surface area contributed by atoms with Crippen LogP contribution in [-0.4, -0.2) is 41.0 Å². The summed E-state index contributed by atoms with van der Waals surface area (Å²) in [6.07, 6.45) is 3.24. The number of rotatable bonds is 3. The predicted octanol–water partition coefficient (Wildman–Crippen LogP) is 4.65. The van der Waals surface area contributed by atoms with Crippen LogP contribution in [0.2, 0.25) is 5.02 Å². The second kappa shape index (κ2) is 7.98. The van der Waals surface area contributed by atoms with Gasteiger partial charge in [-0.1, -0.05) is 24.6 Å². The maximum absolute atomic E-state index is 12.9. The van der Waals surface area contributed by atoms with Crippen molar-refractivity contribution in [3.8, 4) is 0 Å². The van der Waals surface area contributed by atoms with Gasteiger partial charge in [-0.3, -0.25) is 9.69 Å². The molecule has 1 fully saturated rings. The van der Waals surface area contributed by atoms with Crippen LogP contribution in [0.4, 0.5) is 5.69 Å². The molecule has 0 spiro atoms. The van der Waals surface area contributed by atoms with Crippen molar-refractivity contribution in [3.05, 3.63) is 55.9 Å². The zero-order valence-corrected chi connectivity index (χ0v) is 19.0. The number of aromatic amines is 1. The van der Waals surface area contributed by atoms with Crippen molar-refractivity contribution < 1.29 is 0 Å². The SMILES string of the molecule is CC1CCc2c(sc3nc(C(C)N4CCN(c5cccc(Cl)c5)CC4)[nH]c(=O)c23)C1. The van der Waals surface area contributed by atoms with E-state index in [2.05, 4.69) is 34.7 Å². The summed E-state index contributed by atoms with van der Waals surface area (Å²) in [6, 6.07) is 8.12. The van der Waals surface area contributed by atoms with Crippen molar-refractivity contribution in [3.63, 3.8) is 0 Å². The molecule has 158 valence electrons. The first-order valence-electron chi connectivity index (χ1n) is 10.8. The van der Waals surface area contributed by atoms with Crippen LogP contribution in [0.5, 0.6) is 0 Å². The summed E-state index contributed by atoms with van der Waals surface area (Å²) in [5.74, 6) is 1.48. The Morgan fingerprint density at radius 1 is 1.27 bits per heavy atom. The molecule has 5 nitrogen and oxygen atoms in total. The molecule has 2 unspecified atom stereocenters. The monoisotopic (exact) mass is 442 g/mol. The highest BCUT2D eigenvalue weighted by Gasteiger charge is 2.27. The molecule has 1 aliphatic carbocycles. The fourth-order valence-electron chi connectivity index (χ4n) is 4.78. The van der Waals surface area contributed by atoms with Crippen LogP contribution < -0.4 is 10.5 Å². The molecule has 1 N–H and O–H groups in total. The molecule has 3 heterocycles. The zero-order chi connectivity index (χ0) is 20.8. The standard InChI is InChI=1S/C23H27ClN4OS/c1-14-6-7-18-19(12-14)30-23-20(18)22(29)25-21(26-23)15(2)27-8-10-28(11-9-27)17-5-3-4-16(24)13-17/h3-5,13-15H,6-12H2,1-2H3,(H,25,26,29). The third-order valence-electron chi connectivity index (χ3n) is 6.61. The van der Waals surface area contributed by atoms with Gasteiger partial charge >= 0.3 is 0 Å². The number of thiophene rings is 1. The fourth-order valence-corrected chi connectivity index (χ4v) is 6.35. The molecule has 30 heavy (non-hydrogen) atoms. The van der Waals surface area contributed by atoms with E-state index in [1.807, 2.05) is 18.2 Å². The predicted molar refractivity (Wildman–Crippen MR) is 125 cm³/mol. The summed E-state index contributed by atoms with van der Waals surface area (Å²) in [5.41, 5.74) is 2.45. The van der Waals surface area contributed by atoms with E-state index in [-0.39, 0.29) is 11.6 Å². The molecule has 1 saturated heterocycles. The number of nitrogens with one attached hydrogen (secondary N) is 1. The molecule has 7 heteroatoms. The van der Waals surface area contributed by atoms with E-state index < -0.39 is 0 Å². The number of H-pyrrole nitrogens is 1. The number of halogens is 1. The van der Waals surface area contributed by atoms with Gasteiger partial charge < -0.3 is 9.88 Å². The van der Waals surface area contributed by atoms with Crippen molar-refractivity contribution in [2.24, 2.45) is 5.92 Å². The number of anilines is 1. The first kappa shape index (κ1) is 20.0. The third kappa shape index (κ3) is 3.66. The van der Waals surface area contributed by atoms with E-state index in [0.717, 1.165) is 66.5 Å². The van der Waals surface area contributed by atoms with Crippen LogP contribution in [0, 0.1) is 5.92 Å². The van der Waals surface area contributed by atoms with E-state index in [0.29, 0.717) is 5.92 Å². The van der Waals surface area contributed by atoms with Crippen LogP contribution in [-0.2, 0) is 12.8 Å². The maximum Gasteiger partial charge on any atom is 0.259 e. The van der Waals surface area contributed by atoms with Gasteiger partial charge in [-0.2, -0.15) is 0 Å². The molecule has 0 bridgehead atoms. The smallest absolute Gasteiger partial charge is 0.259 e. The number of hydrogen-bond donors (Lipinski definition) is 1. The lowest BCUT2D eigenvalue weighted by Crippen LogP contribution is -2.47. The van der Waals surface area contributed by atoms with Crippen molar-refractivity contribution in [1.82, 2.24) is 14.9 Å². The molecule has 5 rings (SSSR count). The van der Waals surface area contributed by atoms with Crippen molar-refractivity contribution >= 4 is 38.8 Å². The summed E-state index contributed by atoms with van der Waals surface area (Å²) in [7, 11) is 0. The molecule has 0 amide bonds. The Morgan fingerprint density at radius 3 is 2.83 bits per heavy atom. The summed E-state index contributed by atoms with van der Waals surface area (Å²) < 4.78 is 0. The van der Waals surface area contributed by atoms with Crippen molar-refractivity contribution in [2.75, 3.05) is 31.1 Å². The van der Waals surface area contributed by atoms with Crippen LogP contribution in [0.15, 0.2) is 29.1 Å². The van der Waals surface area contributed by atoms with Gasteiger partial charge in [0.1, 0.15) is 10.7 Å². The van der Waals surface area contributed by atoms with Gasteiger partial charge in [-0.05, 0) is 55.9 Å². The first-order valence-corrected chi connectivity index (χ1v) is 12.0. The van der Waals surface area contributed by atoms with Gasteiger partial charge in [0, 0.05) is 41.8 Å². The van der Waals surface area contributed by atoms with Gasteiger partial charge in [0.2, 0.25) is 0 Å². The molecule has 1 aliphatic heterocycles. The lowest BCUT2D eigenvalue weighted by molar-refractivity contribution is 0.192. The molecular formula is C23H27ClN4OS. The minimum absolute atomic E-state index is 0.0338. The number of fused-ring (bicyclic) bond motifs is 3. The number of piperazine rings is 1. The Morgan fingerprint density at radius 2 is 2.07 bits per heavy atom. The normalized spacial score (nSPS) is 21.0. The first-order chi connectivity index (χ1) is 14.5. The van der Waals surface area contributed by atoms with Gasteiger partial charge in [0.25, 0.3) is 5.56 Å². The zero-order valence-electron chi connectivity index (χ0n) is 17.4. The highest BCUT2D eigenvalue weighted by Crippen LogP contribution is 2.36. The fraction of sp³-hybridized carbons (Fsp3) is 0.478. The summed E-state index contributed by atoms with van der Waals surface area (Å²) in [5, 5.41) is 1.61. The summed E-state index contributed by atoms with van der Waals surface area (Å²) in [4.78, 5) is 28.0. The van der Waals surface area contributed by atoms with Crippen LogP contribution in [0.1, 0.15) is 42.6 Å². The van der Waals surface area contributed by atoms with E-state index in [1.54, 1.807) is 11.3 Å². The van der Waals surface area contributed by atoms with Gasteiger partial charge in [0.05, 0.1) is 11.4 Å². The van der Waals surface area contributed by atoms with Gasteiger partial charge in [0.15, 0.2) is 0 Å². The third-order valence-corrected chi connectivity index (χ3v) is 8.00. The minimum atomic E-state index is 0.0338. The van der Waals surface area contributed by atoms with Crippen molar-refractivity contribution in [1.29, 1.82) is 0 Å². The van der Waals surface area contributed by atoms with Crippen LogP contribution in [0.3, 0.4) is 0 Å². The average molecular weight is 443 g/mol. The number of nitrogens with zero attached hydrogens (tertiary/aromatic N) is 3. The Balaban J connectivity index is 1.35. The van der Waals surface area contributed by atoms with Gasteiger partial charge in [-0.15, -0.1) is 11.3 Å². The Labute approximate surface area is 185 Å². The Bertz CT molecular complexity index is 1130. The number of hydrogen-bond acceptors (Lipinski definition) is 5. The largest absolute Gasteiger partial charge is 0.369 e. The van der Waals surface area contributed by atoms with Crippen molar-refractivity contribution in [2.45, 2.75) is 39.2 Å². The summed E-state index contributed by atoms with van der Waals surface area (Å²) >= 11 is 7.88. The number of benzene rings is 1. The topological polar surface area (TPSA) is 52.2 Å². The Hall–Kier alpha value is -1.89. The second-order valence-corrected chi connectivity index (χ2v) is 10.2. The number of aromatic nitrogens is 2. The molecule has 0 saturated carbocycles. The molecule has 1 aromatic carbocycles. The van der Waals surface area contributed by atoms with Crippen LogP contribution >= 0.6 is 22.9 Å². The maximum atomic E-state index is 12.9. The quantitative estimate of drug-likeness (QED) is 0.641. The van der Waals surface area contributed by atoms with Crippen LogP contribution in [0.25, 0.3) is 10.2 Å². The van der Waals surface area contributed by atoms with E-state index in [4.69, 9.17) is 16.6 Å². The molecule has 3 aromatic rings. The summed E-state index contributed by atoms with van der Waals surface area (Å²) in [6.45, 7) is 8.16. The highest BCUT2D eigenvalue weighted by atomic mass is 35.5. The molecular weight excluding hydrogens is 416 g/mol. The average Bonchev–Trinajstić information content (AvgIpc) is 3.11. The van der Waals surface area contributed by atoms with E-state index in [9.17, 15) is 4.79 Å².